The Morgan fingerprint density at radius 2 is 1.74 bits per heavy atom. The summed E-state index contributed by atoms with van der Waals surface area (Å²) >= 11 is 0. The van der Waals surface area contributed by atoms with Gasteiger partial charge in [0.2, 0.25) is 0 Å². The lowest BCUT2D eigenvalue weighted by molar-refractivity contribution is -0.274. The fourth-order valence-electron chi connectivity index (χ4n) is 4.29. The molecule has 1 unspecified atom stereocenters. The molecule has 192 valence electrons. The van der Waals surface area contributed by atoms with Crippen LogP contribution in [0.15, 0.2) is 52.8 Å². The number of alkyl halides is 3. The first-order chi connectivity index (χ1) is 16.7. The summed E-state index contributed by atoms with van der Waals surface area (Å²) in [7, 11) is 1.74. The first-order valence-electron chi connectivity index (χ1n) is 11.9. The summed E-state index contributed by atoms with van der Waals surface area (Å²) in [5.41, 5.74) is 7.14. The number of amidine groups is 1. The molecule has 2 fully saturated rings. The van der Waals surface area contributed by atoms with Crippen LogP contribution in [-0.2, 0) is 4.79 Å². The van der Waals surface area contributed by atoms with Crippen LogP contribution in [0.4, 0.5) is 18.9 Å². The van der Waals surface area contributed by atoms with Crippen molar-refractivity contribution in [2.24, 2.45) is 16.6 Å². The lowest BCUT2D eigenvalue weighted by atomic mass is 9.90. The third-order valence-electron chi connectivity index (χ3n) is 6.34. The van der Waals surface area contributed by atoms with Crippen molar-refractivity contribution in [1.29, 1.82) is 0 Å². The van der Waals surface area contributed by atoms with Gasteiger partial charge in [0.05, 0.1) is 17.0 Å². The van der Waals surface area contributed by atoms with Crippen molar-refractivity contribution in [3.05, 3.63) is 47.8 Å². The number of aldehydes is 1. The number of nitrogens with two attached hydrogens (primary N) is 1. The second-order valence-corrected chi connectivity index (χ2v) is 9.09. The topological polar surface area (TPSA) is 101 Å². The molecule has 3 rings (SSSR count). The van der Waals surface area contributed by atoms with E-state index < -0.39 is 6.36 Å². The minimum absolute atomic E-state index is 0.0404. The van der Waals surface area contributed by atoms with Gasteiger partial charge in [0, 0.05) is 25.2 Å². The van der Waals surface area contributed by atoms with E-state index in [4.69, 9.17) is 5.73 Å². The molecule has 1 aromatic rings. The Morgan fingerprint density at radius 3 is 2.29 bits per heavy atom. The molecule has 0 amide bonds. The first-order valence-corrected chi connectivity index (χ1v) is 11.9. The Hall–Kier alpha value is -3.01. The minimum atomic E-state index is -4.78. The van der Waals surface area contributed by atoms with E-state index in [1.54, 1.807) is 19.3 Å². The third-order valence-corrected chi connectivity index (χ3v) is 6.34. The van der Waals surface area contributed by atoms with E-state index in [0.29, 0.717) is 29.8 Å². The molecule has 0 aromatic heterocycles. The third kappa shape index (κ3) is 8.61. The van der Waals surface area contributed by atoms with E-state index in [-0.39, 0.29) is 23.2 Å². The highest BCUT2D eigenvalue weighted by Gasteiger charge is 2.31. The van der Waals surface area contributed by atoms with Crippen LogP contribution in [-0.4, -0.2) is 43.7 Å². The van der Waals surface area contributed by atoms with Crippen molar-refractivity contribution < 1.29 is 22.7 Å². The molecule has 1 aromatic carbocycles. The number of benzene rings is 1. The highest BCUT2D eigenvalue weighted by Crippen LogP contribution is 2.33. The van der Waals surface area contributed by atoms with Crippen molar-refractivity contribution in [2.75, 3.05) is 7.05 Å². The Balaban J connectivity index is 1.69. The van der Waals surface area contributed by atoms with Crippen LogP contribution in [0.2, 0.25) is 0 Å². The Morgan fingerprint density at radius 1 is 1.11 bits per heavy atom. The second-order valence-electron chi connectivity index (χ2n) is 9.09. The number of allylic oxidation sites excluding steroid dienone is 1. The maximum Gasteiger partial charge on any atom is 0.573 e. The van der Waals surface area contributed by atoms with E-state index in [0.717, 1.165) is 43.7 Å². The average molecular weight is 494 g/mol. The largest absolute Gasteiger partial charge is 0.573 e. The van der Waals surface area contributed by atoms with Gasteiger partial charge in [-0.3, -0.25) is 4.79 Å². The molecule has 2 saturated carbocycles. The second kappa shape index (κ2) is 12.1. The molecule has 0 bridgehead atoms. The summed E-state index contributed by atoms with van der Waals surface area (Å²) in [5, 5.41) is 10.1. The van der Waals surface area contributed by atoms with Gasteiger partial charge in [-0.1, -0.05) is 0 Å². The number of carbonyl (C=O) groups is 1. The van der Waals surface area contributed by atoms with Crippen LogP contribution < -0.4 is 26.4 Å². The minimum Gasteiger partial charge on any atom is -0.406 e. The number of ether oxygens (including phenoxy) is 1. The molecule has 0 heterocycles. The SMILES string of the molecule is CN/C=C\C(NC1CCC(NC(C)C2CC2)CC1)=C(/C=O)C(N)=Nc1ccc(OC(F)(F)F)cc1. The van der Waals surface area contributed by atoms with Gasteiger partial charge in [-0.15, -0.1) is 13.2 Å². The number of nitrogens with one attached hydrogen (secondary N) is 3. The maximum absolute atomic E-state index is 12.4. The van der Waals surface area contributed by atoms with E-state index in [9.17, 15) is 18.0 Å². The summed E-state index contributed by atoms with van der Waals surface area (Å²) in [4.78, 5) is 16.2. The standard InChI is InChI=1S/C25H34F3N5O2/c1-16(17-3-4-17)31-18-5-7-19(8-6-18)32-23(13-14-30-2)22(15-34)24(29)33-20-9-11-21(12-10-20)35-25(26,27)28/h9-19,30-32H,3-8H2,1-2H3,(H2,29,33)/b14-13-,23-22-. The lowest BCUT2D eigenvalue weighted by Gasteiger charge is -2.32. The predicted molar refractivity (Wildman–Crippen MR) is 130 cm³/mol. The highest BCUT2D eigenvalue weighted by atomic mass is 19.4. The van der Waals surface area contributed by atoms with Crippen LogP contribution in [0, 0.1) is 5.92 Å². The van der Waals surface area contributed by atoms with Gasteiger partial charge in [0.15, 0.2) is 6.29 Å². The van der Waals surface area contributed by atoms with Crippen molar-refractivity contribution in [3.8, 4) is 5.75 Å². The Labute approximate surface area is 204 Å². The predicted octanol–water partition coefficient (Wildman–Crippen LogP) is 4.05. The summed E-state index contributed by atoms with van der Waals surface area (Å²) in [5.74, 6) is 0.413. The lowest BCUT2D eigenvalue weighted by Crippen LogP contribution is -2.43. The number of nitrogens with zero attached hydrogens (tertiary/aromatic N) is 1. The van der Waals surface area contributed by atoms with E-state index in [1.807, 2.05) is 0 Å². The maximum atomic E-state index is 12.4. The Kier molecular flexibility index (Phi) is 9.20. The van der Waals surface area contributed by atoms with Crippen molar-refractivity contribution in [1.82, 2.24) is 16.0 Å². The van der Waals surface area contributed by atoms with Crippen LogP contribution in [0.5, 0.6) is 5.75 Å². The molecule has 5 N–H and O–H groups in total. The van der Waals surface area contributed by atoms with Gasteiger partial charge in [-0.2, -0.15) is 0 Å². The zero-order valence-electron chi connectivity index (χ0n) is 20.1. The molecule has 35 heavy (non-hydrogen) atoms. The molecule has 1 atom stereocenters. The molecule has 0 aliphatic heterocycles. The summed E-state index contributed by atoms with van der Waals surface area (Å²) in [6.07, 6.45) is 5.91. The average Bonchev–Trinajstić information content (AvgIpc) is 3.65. The van der Waals surface area contributed by atoms with E-state index in [2.05, 4.69) is 32.6 Å². The quantitative estimate of drug-likeness (QED) is 0.122. The van der Waals surface area contributed by atoms with Gasteiger partial charge in [0.25, 0.3) is 0 Å². The van der Waals surface area contributed by atoms with Crippen LogP contribution >= 0.6 is 0 Å². The summed E-state index contributed by atoms with van der Waals surface area (Å²) < 4.78 is 40.9. The molecule has 7 nitrogen and oxygen atoms in total. The zero-order chi connectivity index (χ0) is 25.4. The molecular weight excluding hydrogens is 459 g/mol. The number of aliphatic imine (C=N–C) groups is 1. The van der Waals surface area contributed by atoms with Gasteiger partial charge in [0.1, 0.15) is 11.6 Å². The molecule has 0 saturated heterocycles. The van der Waals surface area contributed by atoms with Crippen molar-refractivity contribution in [2.45, 2.75) is 69.9 Å². The highest BCUT2D eigenvalue weighted by molar-refractivity contribution is 6.14. The van der Waals surface area contributed by atoms with Crippen LogP contribution in [0.1, 0.15) is 45.4 Å². The smallest absolute Gasteiger partial charge is 0.406 e. The number of rotatable bonds is 11. The fourth-order valence-corrected chi connectivity index (χ4v) is 4.29. The first kappa shape index (κ1) is 26.6. The van der Waals surface area contributed by atoms with Gasteiger partial charge in [-0.25, -0.2) is 4.99 Å². The number of halogens is 3. The molecule has 10 heteroatoms. The van der Waals surface area contributed by atoms with E-state index >= 15 is 0 Å². The summed E-state index contributed by atoms with van der Waals surface area (Å²) in [6.45, 7) is 2.26. The number of hydrogen-bond donors (Lipinski definition) is 4. The van der Waals surface area contributed by atoms with E-state index in [1.165, 1.54) is 25.0 Å². The number of hydrogen-bond acceptors (Lipinski definition) is 6. The zero-order valence-corrected chi connectivity index (χ0v) is 20.1. The fraction of sp³-hybridized carbons (Fsp3) is 0.520. The summed E-state index contributed by atoms with van der Waals surface area (Å²) in [6, 6.07) is 6.20. The molecule has 2 aliphatic carbocycles. The normalized spacial score (nSPS) is 22.9. The molecule has 2 aliphatic rings. The van der Waals surface area contributed by atoms with Crippen LogP contribution in [0.3, 0.4) is 0 Å². The molecular formula is C25H34F3N5O2. The molecule has 0 radical (unpaired) electrons. The monoisotopic (exact) mass is 493 g/mol. The van der Waals surface area contributed by atoms with Gasteiger partial charge >= 0.3 is 6.36 Å². The van der Waals surface area contributed by atoms with Gasteiger partial charge < -0.3 is 26.4 Å². The molecule has 0 spiro atoms. The van der Waals surface area contributed by atoms with Crippen LogP contribution in [0.25, 0.3) is 0 Å². The number of carbonyl (C=O) groups excluding carboxylic acids is 1. The van der Waals surface area contributed by atoms with Gasteiger partial charge in [-0.05, 0) is 87.9 Å². The van der Waals surface area contributed by atoms with Crippen molar-refractivity contribution >= 4 is 17.8 Å². The van der Waals surface area contributed by atoms with Crippen molar-refractivity contribution in [3.63, 3.8) is 0 Å². The Bertz CT molecular complexity index is 931.